The zero-order chi connectivity index (χ0) is 37.5. The van der Waals surface area contributed by atoms with E-state index in [0.29, 0.717) is 17.6 Å². The third kappa shape index (κ3) is 4.87. The molecule has 0 saturated heterocycles. The van der Waals surface area contributed by atoms with Crippen LogP contribution in [0.2, 0.25) is 0 Å². The summed E-state index contributed by atoms with van der Waals surface area (Å²) in [6.07, 6.45) is 2.17. The van der Waals surface area contributed by atoms with Crippen LogP contribution in [-0.2, 0) is 0 Å². The van der Waals surface area contributed by atoms with Gasteiger partial charge in [0.15, 0.2) is 11.6 Å². The Kier molecular flexibility index (Phi) is 6.83. The molecule has 0 atom stereocenters. The quantitative estimate of drug-likeness (QED) is 0.177. The van der Waals surface area contributed by atoms with E-state index in [0.717, 1.165) is 44.3 Å². The molecule has 0 aliphatic carbocycles. The van der Waals surface area contributed by atoms with Gasteiger partial charge in [0.25, 0.3) is 0 Å². The van der Waals surface area contributed by atoms with E-state index in [1.165, 1.54) is 43.5 Å². The largest absolute Gasteiger partial charge is 0.317 e. The summed E-state index contributed by atoms with van der Waals surface area (Å²) >= 11 is 0. The first-order valence-electron chi connectivity index (χ1n) is 19.2. The third-order valence-corrected chi connectivity index (χ3v) is 11.3. The minimum Gasteiger partial charge on any atom is -0.317 e. The zero-order valence-corrected chi connectivity index (χ0v) is 30.7. The SMILES string of the molecule is c1ccc(-c2nc(-c3ccccc3)nc(-n3c4ccccc4c4cc(-n5c6ccccc6c6ccc7cc8c(ccn8-c8ccccc8)cc7c65)ccc43)n2)cc1. The molecule has 0 aliphatic heterocycles. The zero-order valence-electron chi connectivity index (χ0n) is 30.7. The number of nitrogens with zero attached hydrogens (tertiary/aromatic N) is 6. The van der Waals surface area contributed by atoms with Gasteiger partial charge in [-0.05, 0) is 66.0 Å². The van der Waals surface area contributed by atoms with Crippen LogP contribution in [0.4, 0.5) is 0 Å². The third-order valence-electron chi connectivity index (χ3n) is 11.3. The number of benzene rings is 8. The fourth-order valence-corrected chi connectivity index (χ4v) is 8.71. The number of rotatable bonds is 5. The van der Waals surface area contributed by atoms with Gasteiger partial charge in [-0.15, -0.1) is 0 Å². The van der Waals surface area contributed by atoms with Crippen molar-refractivity contribution >= 4 is 65.3 Å². The second-order valence-electron chi connectivity index (χ2n) is 14.5. The summed E-state index contributed by atoms with van der Waals surface area (Å²) in [5, 5.41) is 8.34. The van der Waals surface area contributed by atoms with Crippen molar-refractivity contribution in [3.8, 4) is 40.1 Å². The topological polar surface area (TPSA) is 53.5 Å². The minimum atomic E-state index is 0.580. The summed E-state index contributed by atoms with van der Waals surface area (Å²) in [5.74, 6) is 1.84. The normalized spacial score (nSPS) is 11.9. The van der Waals surface area contributed by atoms with E-state index in [1.807, 2.05) is 60.7 Å². The van der Waals surface area contributed by atoms with E-state index >= 15 is 0 Å². The smallest absolute Gasteiger partial charge is 0.238 e. The number of hydrogen-bond acceptors (Lipinski definition) is 3. The van der Waals surface area contributed by atoms with Gasteiger partial charge in [-0.3, -0.25) is 4.57 Å². The van der Waals surface area contributed by atoms with Crippen molar-refractivity contribution in [2.45, 2.75) is 0 Å². The van der Waals surface area contributed by atoms with Gasteiger partial charge in [-0.2, -0.15) is 9.97 Å². The highest BCUT2D eigenvalue weighted by Crippen LogP contribution is 2.40. The van der Waals surface area contributed by atoms with E-state index in [4.69, 9.17) is 15.0 Å². The van der Waals surface area contributed by atoms with Crippen molar-refractivity contribution < 1.29 is 0 Å². The summed E-state index contributed by atoms with van der Waals surface area (Å²) in [4.78, 5) is 15.2. The van der Waals surface area contributed by atoms with Crippen LogP contribution in [0.15, 0.2) is 194 Å². The molecule has 0 unspecified atom stereocenters. The first kappa shape index (κ1) is 31.5. The Morgan fingerprint density at radius 3 is 1.63 bits per heavy atom. The minimum absolute atomic E-state index is 0.580. The van der Waals surface area contributed by atoms with Crippen LogP contribution >= 0.6 is 0 Å². The molecule has 6 nitrogen and oxygen atoms in total. The lowest BCUT2D eigenvalue weighted by atomic mass is 10.0. The van der Waals surface area contributed by atoms with Crippen LogP contribution in [0.25, 0.3) is 105 Å². The van der Waals surface area contributed by atoms with E-state index in [-0.39, 0.29) is 0 Å². The standard InChI is InChI=1S/C51H32N6/c1-4-14-33(15-5-1)49-52-50(34-16-6-2-7-17-34)54-51(53-49)57-45-23-13-11-21-40(45)43-32-38(25-27-46(43)57)56-44-22-12-10-20-39(44)41-26-24-35-31-47-36(30-42(35)48(41)56)28-29-55(47)37-18-8-3-9-19-37/h1-32H. The Morgan fingerprint density at radius 2 is 0.930 bits per heavy atom. The molecule has 0 saturated carbocycles. The molecule has 4 heterocycles. The highest BCUT2D eigenvalue weighted by molar-refractivity contribution is 6.20. The number of aromatic nitrogens is 6. The van der Waals surface area contributed by atoms with Gasteiger partial charge >= 0.3 is 0 Å². The average Bonchev–Trinajstić information content (AvgIpc) is 3.96. The van der Waals surface area contributed by atoms with Crippen molar-refractivity contribution in [2.24, 2.45) is 0 Å². The lowest BCUT2D eigenvalue weighted by Crippen LogP contribution is -2.06. The molecule has 6 heteroatoms. The second kappa shape index (κ2) is 12.3. The van der Waals surface area contributed by atoms with Gasteiger partial charge in [-0.25, -0.2) is 4.98 Å². The van der Waals surface area contributed by atoms with E-state index in [1.54, 1.807) is 0 Å². The Balaban J connectivity index is 1.11. The second-order valence-corrected chi connectivity index (χ2v) is 14.5. The van der Waals surface area contributed by atoms with E-state index in [9.17, 15) is 0 Å². The molecule has 0 N–H and O–H groups in total. The first-order valence-corrected chi connectivity index (χ1v) is 19.2. The molecule has 266 valence electrons. The van der Waals surface area contributed by atoms with Crippen molar-refractivity contribution in [1.29, 1.82) is 0 Å². The number of hydrogen-bond donors (Lipinski definition) is 0. The molecule has 8 aromatic carbocycles. The molecule has 12 rings (SSSR count). The molecule has 0 spiro atoms. The maximum absolute atomic E-state index is 5.14. The average molecular weight is 729 g/mol. The molecule has 0 aliphatic rings. The molecule has 57 heavy (non-hydrogen) atoms. The Labute approximate surface area is 327 Å². The van der Waals surface area contributed by atoms with Crippen LogP contribution in [0.5, 0.6) is 0 Å². The molecule has 0 fully saturated rings. The maximum Gasteiger partial charge on any atom is 0.238 e. The van der Waals surface area contributed by atoms with Gasteiger partial charge in [0.05, 0.1) is 27.6 Å². The fourth-order valence-electron chi connectivity index (χ4n) is 8.71. The Morgan fingerprint density at radius 1 is 0.333 bits per heavy atom. The van der Waals surface area contributed by atoms with Crippen molar-refractivity contribution in [3.05, 3.63) is 194 Å². The van der Waals surface area contributed by atoms with E-state index in [2.05, 4.69) is 147 Å². The molecular formula is C51H32N6. The van der Waals surface area contributed by atoms with Crippen LogP contribution < -0.4 is 0 Å². The maximum atomic E-state index is 5.14. The van der Waals surface area contributed by atoms with Crippen molar-refractivity contribution in [3.63, 3.8) is 0 Å². The molecule has 0 amide bonds. The summed E-state index contributed by atoms with van der Waals surface area (Å²) in [5.41, 5.74) is 9.74. The van der Waals surface area contributed by atoms with Crippen LogP contribution in [0.3, 0.4) is 0 Å². The van der Waals surface area contributed by atoms with E-state index < -0.39 is 0 Å². The van der Waals surface area contributed by atoms with Gasteiger partial charge in [0.1, 0.15) is 0 Å². The number of para-hydroxylation sites is 3. The highest BCUT2D eigenvalue weighted by Gasteiger charge is 2.21. The van der Waals surface area contributed by atoms with Gasteiger partial charge in [0.2, 0.25) is 5.95 Å². The number of fused-ring (bicyclic) bond motifs is 9. The fraction of sp³-hybridized carbons (Fsp3) is 0. The summed E-state index contributed by atoms with van der Waals surface area (Å²) < 4.78 is 6.91. The summed E-state index contributed by atoms with van der Waals surface area (Å²) in [6.45, 7) is 0. The molecule has 0 bridgehead atoms. The first-order chi connectivity index (χ1) is 28.3. The highest BCUT2D eigenvalue weighted by atomic mass is 15.2. The summed E-state index contributed by atoms with van der Waals surface area (Å²) in [6, 6.07) is 66.4. The van der Waals surface area contributed by atoms with Crippen molar-refractivity contribution in [1.82, 2.24) is 28.7 Å². The van der Waals surface area contributed by atoms with Gasteiger partial charge in [-0.1, -0.05) is 127 Å². The summed E-state index contributed by atoms with van der Waals surface area (Å²) in [7, 11) is 0. The Bertz CT molecular complexity index is 3450. The molecule has 0 radical (unpaired) electrons. The predicted octanol–water partition coefficient (Wildman–Crippen LogP) is 12.5. The van der Waals surface area contributed by atoms with Gasteiger partial charge in [0, 0.05) is 61.0 Å². The van der Waals surface area contributed by atoms with Crippen LogP contribution in [0.1, 0.15) is 0 Å². The van der Waals surface area contributed by atoms with Crippen molar-refractivity contribution in [2.75, 3.05) is 0 Å². The molecule has 12 aromatic rings. The molecular weight excluding hydrogens is 697 g/mol. The Hall–Kier alpha value is -7.83. The lowest BCUT2D eigenvalue weighted by Gasteiger charge is -2.12. The monoisotopic (exact) mass is 728 g/mol. The van der Waals surface area contributed by atoms with Crippen LogP contribution in [0, 0.1) is 0 Å². The molecule has 4 aromatic heterocycles. The lowest BCUT2D eigenvalue weighted by molar-refractivity contribution is 0.953. The van der Waals surface area contributed by atoms with Crippen LogP contribution in [-0.4, -0.2) is 28.7 Å². The van der Waals surface area contributed by atoms with Gasteiger partial charge < -0.3 is 9.13 Å². The predicted molar refractivity (Wildman–Crippen MR) is 234 cm³/mol.